The number of rotatable bonds is 1. The van der Waals surface area contributed by atoms with Crippen LogP contribution in [0, 0.1) is 0 Å². The van der Waals surface area contributed by atoms with Gasteiger partial charge in [0.15, 0.2) is 11.6 Å². The van der Waals surface area contributed by atoms with E-state index < -0.39 is 11.8 Å². The van der Waals surface area contributed by atoms with Crippen LogP contribution in [0.5, 0.6) is 0 Å². The zero-order valence-corrected chi connectivity index (χ0v) is 29.1. The summed E-state index contributed by atoms with van der Waals surface area (Å²) in [5, 5.41) is 18.1. The second-order valence-corrected chi connectivity index (χ2v) is 15.0. The van der Waals surface area contributed by atoms with Gasteiger partial charge in [-0.05, 0) is 121 Å². The lowest BCUT2D eigenvalue weighted by atomic mass is 9.67. The molecular formula is C52H30O2. The molecule has 0 radical (unpaired) electrons. The van der Waals surface area contributed by atoms with E-state index in [1.807, 2.05) is 12.2 Å². The van der Waals surface area contributed by atoms with E-state index in [0.717, 1.165) is 76.1 Å². The SMILES string of the molecule is O=C1C=Cc2ccc3ccc4ccc5ccc6ccccc6c5c4c3c2[C@H]1[C@H]1C(=O)C=Cc2ccc3ccc4ccc5ccc6ccccc6c5c4c3c21. The standard InChI is InChI=1S/C52H30O2/c53-41-27-25-37-23-21-35-19-17-33-15-13-31-11-9-29-5-1-3-7-39(29)43(31)45(33)47(35)49(37)51(41)52-42(54)28-26-38-24-22-36-20-18-34-16-14-32-12-10-30-6-2-4-8-40(30)44(32)46(34)48(36)50(38)52/h1-28,51-52H/t51-,52-/m0/s1. The van der Waals surface area contributed by atoms with Crippen LogP contribution in [0.25, 0.3) is 98.3 Å². The number of carbonyl (C=O) groups is 2. The Morgan fingerprint density at radius 2 is 0.593 bits per heavy atom. The van der Waals surface area contributed by atoms with Gasteiger partial charge in [-0.2, -0.15) is 0 Å². The predicted octanol–water partition coefficient (Wildman–Crippen LogP) is 13.0. The lowest BCUT2D eigenvalue weighted by Gasteiger charge is -2.33. The second kappa shape index (κ2) is 10.8. The Bertz CT molecular complexity index is 3180. The predicted molar refractivity (Wildman–Crippen MR) is 226 cm³/mol. The fourth-order valence-corrected chi connectivity index (χ4v) is 10.0. The van der Waals surface area contributed by atoms with Gasteiger partial charge >= 0.3 is 0 Å². The molecule has 0 aromatic heterocycles. The van der Waals surface area contributed by atoms with E-state index in [2.05, 4.69) is 146 Å². The molecule has 0 fully saturated rings. The highest BCUT2D eigenvalue weighted by atomic mass is 16.1. The Morgan fingerprint density at radius 3 is 1.00 bits per heavy atom. The molecule has 0 bridgehead atoms. The molecule has 0 saturated carbocycles. The molecule has 0 spiro atoms. The summed E-state index contributed by atoms with van der Waals surface area (Å²) in [6.07, 6.45) is 7.32. The van der Waals surface area contributed by atoms with E-state index in [1.54, 1.807) is 12.2 Å². The van der Waals surface area contributed by atoms with Gasteiger partial charge in [-0.3, -0.25) is 9.59 Å². The van der Waals surface area contributed by atoms with Gasteiger partial charge in [-0.1, -0.05) is 158 Å². The molecule has 2 heteroatoms. The summed E-state index contributed by atoms with van der Waals surface area (Å²) in [5.74, 6) is -1.50. The number of fused-ring (bicyclic) bond motifs is 18. The Kier molecular flexibility index (Phi) is 5.94. The van der Waals surface area contributed by atoms with Crippen LogP contribution in [0.3, 0.4) is 0 Å². The highest BCUT2D eigenvalue weighted by molar-refractivity contribution is 6.31. The molecule has 0 aliphatic heterocycles. The number of hydrogen-bond donors (Lipinski definition) is 0. The van der Waals surface area contributed by atoms with Gasteiger partial charge in [-0.15, -0.1) is 0 Å². The minimum atomic E-state index is -0.715. The van der Waals surface area contributed by atoms with Crippen LogP contribution in [0.4, 0.5) is 0 Å². The van der Waals surface area contributed by atoms with E-state index >= 15 is 0 Å². The van der Waals surface area contributed by atoms with Gasteiger partial charge < -0.3 is 0 Å². The van der Waals surface area contributed by atoms with Crippen LogP contribution < -0.4 is 0 Å². The fourth-order valence-electron chi connectivity index (χ4n) is 10.0. The van der Waals surface area contributed by atoms with E-state index in [0.29, 0.717) is 0 Å². The third-order valence-electron chi connectivity index (χ3n) is 12.3. The second-order valence-electron chi connectivity index (χ2n) is 15.0. The molecule has 0 unspecified atom stereocenters. The van der Waals surface area contributed by atoms with Crippen molar-refractivity contribution in [1.82, 2.24) is 0 Å². The van der Waals surface area contributed by atoms with Crippen molar-refractivity contribution in [3.05, 3.63) is 180 Å². The summed E-state index contributed by atoms with van der Waals surface area (Å²) in [6, 6.07) is 52.0. The van der Waals surface area contributed by atoms with Gasteiger partial charge in [0, 0.05) is 0 Å². The summed E-state index contributed by atoms with van der Waals surface area (Å²) < 4.78 is 0. The number of allylic oxidation sites excluding steroid dienone is 2. The normalized spacial score (nSPS) is 16.8. The van der Waals surface area contributed by atoms with Gasteiger partial charge in [0.2, 0.25) is 0 Å². The number of benzene rings is 10. The van der Waals surface area contributed by atoms with Crippen molar-refractivity contribution in [2.45, 2.75) is 11.8 Å². The van der Waals surface area contributed by atoms with Crippen molar-refractivity contribution >= 4 is 110 Å². The van der Waals surface area contributed by atoms with Crippen LogP contribution in [0.1, 0.15) is 34.1 Å². The summed E-state index contributed by atoms with van der Waals surface area (Å²) >= 11 is 0. The van der Waals surface area contributed by atoms with E-state index in [1.165, 1.54) is 32.3 Å². The van der Waals surface area contributed by atoms with Gasteiger partial charge in [0.05, 0.1) is 11.8 Å². The number of carbonyl (C=O) groups excluding carboxylic acids is 2. The largest absolute Gasteiger partial charge is 0.294 e. The molecule has 0 saturated heterocycles. The van der Waals surface area contributed by atoms with Gasteiger partial charge in [-0.25, -0.2) is 0 Å². The molecule has 0 N–H and O–H groups in total. The first-order valence-electron chi connectivity index (χ1n) is 18.7. The lowest BCUT2D eigenvalue weighted by Crippen LogP contribution is -2.29. The van der Waals surface area contributed by atoms with E-state index in [9.17, 15) is 9.59 Å². The number of ketones is 2. The van der Waals surface area contributed by atoms with Crippen molar-refractivity contribution in [2.75, 3.05) is 0 Å². The minimum Gasteiger partial charge on any atom is -0.294 e. The Morgan fingerprint density at radius 1 is 0.278 bits per heavy atom. The maximum Gasteiger partial charge on any atom is 0.164 e. The summed E-state index contributed by atoms with van der Waals surface area (Å²) in [7, 11) is 0. The molecule has 0 heterocycles. The minimum absolute atomic E-state index is 0.0377. The first kappa shape index (κ1) is 29.7. The van der Waals surface area contributed by atoms with Gasteiger partial charge in [0.1, 0.15) is 0 Å². The Labute approximate surface area is 310 Å². The molecule has 0 amide bonds. The highest BCUT2D eigenvalue weighted by Crippen LogP contribution is 2.51. The van der Waals surface area contributed by atoms with Crippen LogP contribution in [0.2, 0.25) is 0 Å². The van der Waals surface area contributed by atoms with Crippen LogP contribution in [0.15, 0.2) is 158 Å². The van der Waals surface area contributed by atoms with E-state index in [4.69, 9.17) is 0 Å². The number of hydrogen-bond acceptors (Lipinski definition) is 2. The van der Waals surface area contributed by atoms with Crippen LogP contribution >= 0.6 is 0 Å². The van der Waals surface area contributed by atoms with Crippen molar-refractivity contribution in [2.24, 2.45) is 0 Å². The molecule has 250 valence electrons. The average Bonchev–Trinajstić information content (AvgIpc) is 3.22. The molecule has 2 aliphatic rings. The molecule has 54 heavy (non-hydrogen) atoms. The Balaban J connectivity index is 1.25. The first-order chi connectivity index (χ1) is 26.6. The molecule has 2 nitrogen and oxygen atoms in total. The molecular weight excluding hydrogens is 657 g/mol. The molecule has 10 aromatic rings. The van der Waals surface area contributed by atoms with Crippen molar-refractivity contribution in [3.8, 4) is 0 Å². The highest BCUT2D eigenvalue weighted by Gasteiger charge is 2.41. The van der Waals surface area contributed by atoms with Crippen molar-refractivity contribution in [3.63, 3.8) is 0 Å². The van der Waals surface area contributed by atoms with Crippen LogP contribution in [-0.2, 0) is 9.59 Å². The molecule has 2 aliphatic carbocycles. The molecule has 10 aromatic carbocycles. The molecule has 2 atom stereocenters. The van der Waals surface area contributed by atoms with Crippen molar-refractivity contribution in [1.29, 1.82) is 0 Å². The molecule has 12 rings (SSSR count). The maximum atomic E-state index is 14.8. The topological polar surface area (TPSA) is 34.1 Å². The average molecular weight is 687 g/mol. The monoisotopic (exact) mass is 686 g/mol. The van der Waals surface area contributed by atoms with Gasteiger partial charge in [0.25, 0.3) is 0 Å². The first-order valence-corrected chi connectivity index (χ1v) is 18.7. The zero-order valence-electron chi connectivity index (χ0n) is 29.1. The van der Waals surface area contributed by atoms with E-state index in [-0.39, 0.29) is 11.6 Å². The van der Waals surface area contributed by atoms with Crippen LogP contribution in [-0.4, -0.2) is 11.6 Å². The third-order valence-corrected chi connectivity index (χ3v) is 12.3. The quantitative estimate of drug-likeness (QED) is 0.161. The third kappa shape index (κ3) is 3.95. The maximum absolute atomic E-state index is 14.8. The zero-order chi connectivity index (χ0) is 35.7. The lowest BCUT2D eigenvalue weighted by molar-refractivity contribution is -0.122. The Hall–Kier alpha value is -6.90. The summed E-state index contributed by atoms with van der Waals surface area (Å²) in [5.41, 5.74) is 3.86. The summed E-state index contributed by atoms with van der Waals surface area (Å²) in [4.78, 5) is 29.6. The van der Waals surface area contributed by atoms with Crippen molar-refractivity contribution < 1.29 is 9.59 Å². The smallest absolute Gasteiger partial charge is 0.164 e. The summed E-state index contributed by atoms with van der Waals surface area (Å²) in [6.45, 7) is 0. The fraction of sp³-hybridized carbons (Fsp3) is 0.0385.